The Morgan fingerprint density at radius 2 is 1.59 bits per heavy atom. The molecule has 0 aliphatic carbocycles. The molecule has 0 aliphatic rings. The van der Waals surface area contributed by atoms with Crippen molar-refractivity contribution in [3.63, 3.8) is 0 Å². The van der Waals surface area contributed by atoms with E-state index in [1.54, 1.807) is 16.8 Å². The van der Waals surface area contributed by atoms with E-state index < -0.39 is 0 Å². The molecule has 0 atom stereocenters. The topological polar surface area (TPSA) is 76.0 Å². The Bertz CT molecular complexity index is 1310. The Morgan fingerprint density at radius 1 is 0.875 bits per heavy atom. The van der Waals surface area contributed by atoms with E-state index in [9.17, 15) is 9.59 Å². The molecule has 0 bridgehead atoms. The van der Waals surface area contributed by atoms with Crippen molar-refractivity contribution in [1.82, 2.24) is 9.78 Å². The number of hydrogen-bond donors (Lipinski definition) is 2. The quantitative estimate of drug-likeness (QED) is 0.383. The van der Waals surface area contributed by atoms with Crippen LogP contribution in [0.2, 0.25) is 0 Å². The summed E-state index contributed by atoms with van der Waals surface area (Å²) in [6.07, 6.45) is 0. The minimum atomic E-state index is -0.370. The van der Waals surface area contributed by atoms with E-state index in [1.807, 2.05) is 60.7 Å². The van der Waals surface area contributed by atoms with Gasteiger partial charge in [-0.1, -0.05) is 69.3 Å². The first-order valence-electron chi connectivity index (χ1n) is 10.5. The number of benzene rings is 3. The van der Waals surface area contributed by atoms with Crippen molar-refractivity contribution in [2.45, 2.75) is 33.1 Å². The number of carbonyl (C=O) groups excluding carboxylic acids is 2. The molecule has 2 N–H and O–H groups in total. The second kappa shape index (κ2) is 8.30. The number of amides is 2. The normalized spacial score (nSPS) is 11.4. The summed E-state index contributed by atoms with van der Waals surface area (Å²) in [5.41, 5.74) is 2.62. The van der Waals surface area contributed by atoms with Gasteiger partial charge in [0, 0.05) is 22.4 Å². The van der Waals surface area contributed by atoms with Gasteiger partial charge in [0.2, 0.25) is 0 Å². The van der Waals surface area contributed by atoms with E-state index >= 15 is 0 Å². The summed E-state index contributed by atoms with van der Waals surface area (Å²) in [5.74, 6) is 0.492. The van der Waals surface area contributed by atoms with Gasteiger partial charge in [-0.15, -0.1) is 0 Å². The highest BCUT2D eigenvalue weighted by Crippen LogP contribution is 2.27. The average molecular weight is 427 g/mol. The van der Waals surface area contributed by atoms with Crippen LogP contribution >= 0.6 is 0 Å². The molecule has 32 heavy (non-hydrogen) atoms. The maximum atomic E-state index is 12.9. The highest BCUT2D eigenvalue weighted by molar-refractivity contribution is 6.06. The highest BCUT2D eigenvalue weighted by Gasteiger charge is 2.22. The van der Waals surface area contributed by atoms with Crippen LogP contribution < -0.4 is 10.6 Å². The summed E-state index contributed by atoms with van der Waals surface area (Å²) < 4.78 is 1.66. The molecule has 0 saturated heterocycles. The maximum Gasteiger partial charge on any atom is 0.324 e. The van der Waals surface area contributed by atoms with Gasteiger partial charge in [-0.2, -0.15) is 5.10 Å². The lowest BCUT2D eigenvalue weighted by Crippen LogP contribution is -2.21. The van der Waals surface area contributed by atoms with Gasteiger partial charge < -0.3 is 5.32 Å². The Labute approximate surface area is 187 Å². The van der Waals surface area contributed by atoms with Crippen molar-refractivity contribution >= 4 is 34.1 Å². The molecule has 4 rings (SSSR count). The van der Waals surface area contributed by atoms with Crippen LogP contribution in [0.1, 0.15) is 43.7 Å². The van der Waals surface area contributed by atoms with Gasteiger partial charge in [-0.25, -0.2) is 9.48 Å². The maximum absolute atomic E-state index is 12.9. The molecular formula is C26H26N4O2. The van der Waals surface area contributed by atoms with E-state index in [2.05, 4.69) is 31.4 Å². The minimum absolute atomic E-state index is 0.0294. The van der Waals surface area contributed by atoms with Crippen molar-refractivity contribution in [2.24, 2.45) is 0 Å². The molecular weight excluding hydrogens is 400 g/mol. The van der Waals surface area contributed by atoms with E-state index in [0.717, 1.165) is 22.2 Å². The van der Waals surface area contributed by atoms with Crippen molar-refractivity contribution in [3.05, 3.63) is 84.1 Å². The molecule has 6 nitrogen and oxygen atoms in total. The number of nitrogens with zero attached hydrogens (tertiary/aromatic N) is 2. The molecule has 0 spiro atoms. The number of Topliss-reactive ketones (excluding diaryl/α,β-unsaturated/α-hetero) is 1. The Balaban J connectivity index is 1.68. The van der Waals surface area contributed by atoms with Crippen molar-refractivity contribution in [2.75, 3.05) is 10.6 Å². The Kier molecular flexibility index (Phi) is 5.53. The molecule has 1 heterocycles. The van der Waals surface area contributed by atoms with Crippen LogP contribution in [0.25, 0.3) is 16.5 Å². The minimum Gasteiger partial charge on any atom is -0.307 e. The second-order valence-corrected chi connectivity index (χ2v) is 8.79. The largest absolute Gasteiger partial charge is 0.324 e. The first-order valence-corrected chi connectivity index (χ1v) is 10.5. The van der Waals surface area contributed by atoms with Gasteiger partial charge in [-0.3, -0.25) is 10.1 Å². The van der Waals surface area contributed by atoms with E-state index in [-0.39, 0.29) is 17.2 Å². The lowest BCUT2D eigenvalue weighted by molar-refractivity contribution is 0.101. The van der Waals surface area contributed by atoms with Crippen molar-refractivity contribution in [3.8, 4) is 5.69 Å². The van der Waals surface area contributed by atoms with E-state index in [4.69, 9.17) is 5.10 Å². The first kappa shape index (κ1) is 21.3. The number of rotatable bonds is 4. The van der Waals surface area contributed by atoms with Gasteiger partial charge in [0.25, 0.3) is 0 Å². The number of carbonyl (C=O) groups is 2. The highest BCUT2D eigenvalue weighted by atomic mass is 16.2. The molecule has 0 saturated carbocycles. The van der Waals surface area contributed by atoms with Crippen molar-refractivity contribution in [1.29, 1.82) is 0 Å². The number of hydrogen-bond acceptors (Lipinski definition) is 3. The third-order valence-electron chi connectivity index (χ3n) is 5.25. The molecule has 1 aromatic heterocycles. The number of aromatic nitrogens is 2. The van der Waals surface area contributed by atoms with Crippen molar-refractivity contribution < 1.29 is 9.59 Å². The zero-order valence-corrected chi connectivity index (χ0v) is 18.6. The summed E-state index contributed by atoms with van der Waals surface area (Å²) in [4.78, 5) is 24.8. The summed E-state index contributed by atoms with van der Waals surface area (Å²) in [7, 11) is 0. The molecule has 4 aromatic rings. The zero-order chi connectivity index (χ0) is 22.9. The van der Waals surface area contributed by atoms with Crippen LogP contribution in [0.3, 0.4) is 0 Å². The number of fused-ring (bicyclic) bond motifs is 1. The number of anilines is 2. The van der Waals surface area contributed by atoms with Crippen LogP contribution in [-0.4, -0.2) is 21.6 Å². The fourth-order valence-electron chi connectivity index (χ4n) is 3.49. The van der Waals surface area contributed by atoms with Gasteiger partial charge in [0.05, 0.1) is 17.1 Å². The van der Waals surface area contributed by atoms with Crippen LogP contribution in [0.15, 0.2) is 72.8 Å². The summed E-state index contributed by atoms with van der Waals surface area (Å²) in [6.45, 7) is 7.71. The molecule has 0 unspecified atom stereocenters. The Hall–Kier alpha value is -3.93. The first-order chi connectivity index (χ1) is 15.2. The smallest absolute Gasteiger partial charge is 0.307 e. The zero-order valence-electron chi connectivity index (χ0n) is 18.6. The summed E-state index contributed by atoms with van der Waals surface area (Å²) >= 11 is 0. The number of ketones is 1. The van der Waals surface area contributed by atoms with Crippen LogP contribution in [-0.2, 0) is 5.41 Å². The van der Waals surface area contributed by atoms with E-state index in [1.165, 1.54) is 6.92 Å². The van der Waals surface area contributed by atoms with Gasteiger partial charge in [-0.05, 0) is 30.5 Å². The van der Waals surface area contributed by atoms with Crippen LogP contribution in [0.5, 0.6) is 0 Å². The van der Waals surface area contributed by atoms with E-state index in [0.29, 0.717) is 17.1 Å². The molecule has 162 valence electrons. The van der Waals surface area contributed by atoms with Crippen LogP contribution in [0, 0.1) is 0 Å². The summed E-state index contributed by atoms with van der Waals surface area (Å²) in [5, 5.41) is 12.6. The molecule has 6 heteroatoms. The predicted molar refractivity (Wildman–Crippen MR) is 129 cm³/mol. The third-order valence-corrected chi connectivity index (χ3v) is 5.25. The second-order valence-electron chi connectivity index (χ2n) is 8.79. The standard InChI is InChI=1S/C26H26N4O2/c1-17(31)19-11-7-12-20(15-19)30-24(16-23(29-30)26(2,3)4)28-25(32)27-22-14-8-10-18-9-5-6-13-21(18)22/h5-16H,1-4H3,(H2,27,28,32). The van der Waals surface area contributed by atoms with Crippen LogP contribution in [0.4, 0.5) is 16.3 Å². The molecule has 0 aliphatic heterocycles. The van der Waals surface area contributed by atoms with Gasteiger partial charge in [0.15, 0.2) is 5.78 Å². The lowest BCUT2D eigenvalue weighted by Gasteiger charge is -2.14. The fraction of sp³-hybridized carbons (Fsp3) is 0.192. The molecule has 0 radical (unpaired) electrons. The lowest BCUT2D eigenvalue weighted by atomic mass is 9.92. The molecule has 0 fully saturated rings. The fourth-order valence-corrected chi connectivity index (χ4v) is 3.49. The number of urea groups is 1. The third kappa shape index (κ3) is 4.39. The number of nitrogens with one attached hydrogen (secondary N) is 2. The molecule has 2 amide bonds. The monoisotopic (exact) mass is 426 g/mol. The van der Waals surface area contributed by atoms with Gasteiger partial charge in [0.1, 0.15) is 5.82 Å². The predicted octanol–water partition coefficient (Wildman–Crippen LogP) is 6.17. The average Bonchev–Trinajstić information content (AvgIpc) is 3.18. The Morgan fingerprint density at radius 3 is 2.34 bits per heavy atom. The van der Waals surface area contributed by atoms with Gasteiger partial charge >= 0.3 is 6.03 Å². The molecule has 3 aromatic carbocycles. The SMILES string of the molecule is CC(=O)c1cccc(-n2nc(C(C)(C)C)cc2NC(=O)Nc2cccc3ccccc23)c1. The summed E-state index contributed by atoms with van der Waals surface area (Å²) in [6, 6.07) is 22.4.